The van der Waals surface area contributed by atoms with Gasteiger partial charge in [0.15, 0.2) is 17.6 Å². The van der Waals surface area contributed by atoms with Crippen molar-refractivity contribution >= 4 is 21.9 Å². The van der Waals surface area contributed by atoms with Gasteiger partial charge in [0.25, 0.3) is 0 Å². The van der Waals surface area contributed by atoms with Gasteiger partial charge in [0, 0.05) is 5.56 Å². The molecule has 1 aromatic carbocycles. The van der Waals surface area contributed by atoms with Crippen LogP contribution in [0, 0.1) is 6.92 Å². The van der Waals surface area contributed by atoms with Gasteiger partial charge in [-0.05, 0) is 34.5 Å². The number of hydrogen-bond acceptors (Lipinski definition) is 5. The van der Waals surface area contributed by atoms with Crippen LogP contribution in [0.1, 0.15) is 17.2 Å². The van der Waals surface area contributed by atoms with E-state index in [2.05, 4.69) is 20.7 Å². The van der Waals surface area contributed by atoms with Crippen molar-refractivity contribution in [3.8, 4) is 11.5 Å². The number of phenols is 1. The van der Waals surface area contributed by atoms with Crippen LogP contribution in [0.2, 0.25) is 0 Å². The summed E-state index contributed by atoms with van der Waals surface area (Å²) in [4.78, 5) is 11.3. The number of aliphatic hydroxyl groups excluding tert-OH is 1. The van der Waals surface area contributed by atoms with Crippen molar-refractivity contribution in [1.82, 2.24) is 0 Å². The summed E-state index contributed by atoms with van der Waals surface area (Å²) in [5.41, 5.74) is 0.861. The summed E-state index contributed by atoms with van der Waals surface area (Å²) in [6.07, 6.45) is -1.43. The second-order valence-corrected chi connectivity index (χ2v) is 4.19. The molecule has 0 aromatic heterocycles. The summed E-state index contributed by atoms with van der Waals surface area (Å²) in [7, 11) is 2.57. The van der Waals surface area contributed by atoms with Gasteiger partial charge in [-0.25, -0.2) is 4.79 Å². The molecule has 0 aliphatic rings. The number of rotatable bonds is 3. The molecule has 94 valence electrons. The lowest BCUT2D eigenvalue weighted by Gasteiger charge is -2.17. The number of carbonyl (C=O) groups is 1. The number of carbonyl (C=O) groups excluding carboxylic acids is 1. The van der Waals surface area contributed by atoms with E-state index in [9.17, 15) is 15.0 Å². The van der Waals surface area contributed by atoms with Crippen LogP contribution in [0.3, 0.4) is 0 Å². The highest BCUT2D eigenvalue weighted by Crippen LogP contribution is 2.41. The fourth-order valence-electron chi connectivity index (χ4n) is 1.52. The Labute approximate surface area is 107 Å². The Balaban J connectivity index is 3.38. The summed E-state index contributed by atoms with van der Waals surface area (Å²) < 4.78 is 9.77. The van der Waals surface area contributed by atoms with Gasteiger partial charge in [0.05, 0.1) is 18.7 Å². The summed E-state index contributed by atoms with van der Waals surface area (Å²) in [5, 5.41) is 19.4. The van der Waals surface area contributed by atoms with Crippen molar-refractivity contribution in [1.29, 1.82) is 0 Å². The number of phenolic OH excluding ortho intramolecular Hbond substituents is 1. The van der Waals surface area contributed by atoms with Gasteiger partial charge in [-0.1, -0.05) is 0 Å². The molecular weight excluding hydrogens is 292 g/mol. The van der Waals surface area contributed by atoms with Crippen LogP contribution in [0.4, 0.5) is 0 Å². The average molecular weight is 305 g/mol. The van der Waals surface area contributed by atoms with Crippen LogP contribution < -0.4 is 4.74 Å². The molecule has 0 spiro atoms. The Morgan fingerprint density at radius 2 is 2.06 bits per heavy atom. The third-order valence-electron chi connectivity index (χ3n) is 2.35. The van der Waals surface area contributed by atoms with Crippen molar-refractivity contribution in [3.63, 3.8) is 0 Å². The second-order valence-electron chi connectivity index (χ2n) is 3.40. The van der Waals surface area contributed by atoms with Gasteiger partial charge < -0.3 is 19.7 Å². The number of ether oxygens (including phenoxy) is 2. The first-order valence-corrected chi connectivity index (χ1v) is 5.55. The number of benzene rings is 1. The molecule has 0 radical (unpaired) electrons. The number of esters is 1. The van der Waals surface area contributed by atoms with E-state index in [-0.39, 0.29) is 11.5 Å². The molecular formula is C11H13BrO5. The van der Waals surface area contributed by atoms with E-state index in [4.69, 9.17) is 4.74 Å². The summed E-state index contributed by atoms with van der Waals surface area (Å²) in [6, 6.07) is 1.41. The van der Waals surface area contributed by atoms with E-state index in [1.54, 1.807) is 6.92 Å². The third-order valence-corrected chi connectivity index (χ3v) is 3.14. The zero-order valence-corrected chi connectivity index (χ0v) is 11.2. The van der Waals surface area contributed by atoms with Gasteiger partial charge in [0.1, 0.15) is 0 Å². The number of aryl methyl sites for hydroxylation is 1. The lowest BCUT2D eigenvalue weighted by Crippen LogP contribution is -2.15. The van der Waals surface area contributed by atoms with E-state index in [0.717, 1.165) is 0 Å². The molecule has 1 unspecified atom stereocenters. The molecule has 1 aromatic rings. The third kappa shape index (κ3) is 2.53. The summed E-state index contributed by atoms with van der Waals surface area (Å²) in [5.74, 6) is -0.687. The molecule has 5 nitrogen and oxygen atoms in total. The van der Waals surface area contributed by atoms with E-state index in [0.29, 0.717) is 15.6 Å². The topological polar surface area (TPSA) is 76.0 Å². The first kappa shape index (κ1) is 13.8. The van der Waals surface area contributed by atoms with Crippen molar-refractivity contribution in [3.05, 3.63) is 21.7 Å². The van der Waals surface area contributed by atoms with Crippen molar-refractivity contribution in [2.24, 2.45) is 0 Å². The highest BCUT2D eigenvalue weighted by atomic mass is 79.9. The molecule has 1 atom stereocenters. The first-order chi connectivity index (χ1) is 7.93. The minimum Gasteiger partial charge on any atom is -0.504 e. The SMILES string of the molecule is COC(=O)C(O)c1c(C)cc(O)c(OC)c1Br. The average Bonchev–Trinajstić information content (AvgIpc) is 2.27. The molecule has 0 saturated heterocycles. The zero-order valence-electron chi connectivity index (χ0n) is 9.65. The smallest absolute Gasteiger partial charge is 0.339 e. The van der Waals surface area contributed by atoms with E-state index in [1.165, 1.54) is 20.3 Å². The molecule has 17 heavy (non-hydrogen) atoms. The predicted molar refractivity (Wildman–Crippen MR) is 64.1 cm³/mol. The van der Waals surface area contributed by atoms with Gasteiger partial charge >= 0.3 is 5.97 Å². The van der Waals surface area contributed by atoms with Gasteiger partial charge in [0.2, 0.25) is 0 Å². The van der Waals surface area contributed by atoms with Gasteiger partial charge in [-0.3, -0.25) is 0 Å². The Bertz CT molecular complexity index is 444. The van der Waals surface area contributed by atoms with Crippen LogP contribution in [0.15, 0.2) is 10.5 Å². The number of aliphatic hydroxyl groups is 1. The normalized spacial score (nSPS) is 12.1. The molecule has 2 N–H and O–H groups in total. The largest absolute Gasteiger partial charge is 0.504 e. The maximum atomic E-state index is 11.3. The maximum absolute atomic E-state index is 11.3. The quantitative estimate of drug-likeness (QED) is 0.831. The summed E-state index contributed by atoms with van der Waals surface area (Å²) >= 11 is 3.19. The molecule has 0 heterocycles. The molecule has 0 saturated carbocycles. The van der Waals surface area contributed by atoms with Crippen LogP contribution in [-0.4, -0.2) is 30.4 Å². The molecule has 6 heteroatoms. The minimum atomic E-state index is -1.43. The zero-order chi connectivity index (χ0) is 13.2. The molecule has 0 aliphatic heterocycles. The molecule has 0 amide bonds. The maximum Gasteiger partial charge on any atom is 0.339 e. The lowest BCUT2D eigenvalue weighted by atomic mass is 10.0. The van der Waals surface area contributed by atoms with Gasteiger partial charge in [-0.15, -0.1) is 0 Å². The highest BCUT2D eigenvalue weighted by Gasteiger charge is 2.26. The standard InChI is InChI=1S/C11H13BrO5/c1-5-4-6(13)10(16-2)8(12)7(5)9(14)11(15)17-3/h4,9,13-14H,1-3H3. The Morgan fingerprint density at radius 3 is 2.53 bits per heavy atom. The number of methoxy groups -OCH3 is 2. The Hall–Kier alpha value is -1.27. The summed E-state index contributed by atoms with van der Waals surface area (Å²) in [6.45, 7) is 1.66. The number of hydrogen-bond donors (Lipinski definition) is 2. The highest BCUT2D eigenvalue weighted by molar-refractivity contribution is 9.10. The minimum absolute atomic E-state index is 0.0716. The van der Waals surface area contributed by atoms with Crippen LogP contribution in [-0.2, 0) is 9.53 Å². The van der Waals surface area contributed by atoms with E-state index < -0.39 is 12.1 Å². The fourth-order valence-corrected chi connectivity index (χ4v) is 2.41. The number of halogens is 1. The predicted octanol–water partition coefficient (Wildman–Crippen LogP) is 1.68. The molecule has 0 fully saturated rings. The van der Waals surface area contributed by atoms with Crippen molar-refractivity contribution in [2.75, 3.05) is 14.2 Å². The van der Waals surface area contributed by atoms with Crippen LogP contribution in [0.25, 0.3) is 0 Å². The lowest BCUT2D eigenvalue weighted by molar-refractivity contribution is -0.150. The van der Waals surface area contributed by atoms with Crippen molar-refractivity contribution in [2.45, 2.75) is 13.0 Å². The fraction of sp³-hybridized carbons (Fsp3) is 0.364. The monoisotopic (exact) mass is 304 g/mol. The number of aromatic hydroxyl groups is 1. The van der Waals surface area contributed by atoms with E-state index >= 15 is 0 Å². The van der Waals surface area contributed by atoms with Crippen LogP contribution in [0.5, 0.6) is 11.5 Å². The first-order valence-electron chi connectivity index (χ1n) is 4.75. The molecule has 0 aliphatic carbocycles. The Morgan fingerprint density at radius 1 is 1.47 bits per heavy atom. The second kappa shape index (κ2) is 5.37. The molecule has 0 bridgehead atoms. The van der Waals surface area contributed by atoms with Crippen LogP contribution >= 0.6 is 15.9 Å². The van der Waals surface area contributed by atoms with Crippen molar-refractivity contribution < 1.29 is 24.5 Å². The molecule has 1 rings (SSSR count). The van der Waals surface area contributed by atoms with E-state index in [1.807, 2.05) is 0 Å². The van der Waals surface area contributed by atoms with Gasteiger partial charge in [-0.2, -0.15) is 0 Å². The Kier molecular flexibility index (Phi) is 4.36.